The molecule has 0 heterocycles. The Kier molecular flexibility index (Phi) is 4.74. The van der Waals surface area contributed by atoms with Crippen LogP contribution in [-0.4, -0.2) is 21.9 Å². The fraction of sp³-hybridized carbons (Fsp3) is 0.577. The van der Waals surface area contributed by atoms with Crippen LogP contribution >= 0.6 is 0 Å². The molecule has 0 saturated heterocycles. The van der Waals surface area contributed by atoms with Crippen molar-refractivity contribution in [2.75, 3.05) is 0 Å². The number of hydrogen-bond donors (Lipinski definition) is 1. The number of aliphatic hydroxyl groups excluding tert-OH is 1. The zero-order valence-electron chi connectivity index (χ0n) is 18.3. The van der Waals surface area contributed by atoms with Gasteiger partial charge in [-0.15, -0.1) is 0 Å². The van der Waals surface area contributed by atoms with E-state index >= 15 is 0 Å². The number of ketones is 1. The summed E-state index contributed by atoms with van der Waals surface area (Å²) in [6, 6.07) is 6.47. The third kappa shape index (κ3) is 3.12. The summed E-state index contributed by atoms with van der Waals surface area (Å²) >= 11 is 0. The van der Waals surface area contributed by atoms with E-state index < -0.39 is 4.92 Å². The first-order chi connectivity index (χ1) is 14.7. The second kappa shape index (κ2) is 7.13. The number of benzene rings is 1. The Morgan fingerprint density at radius 1 is 1.06 bits per heavy atom. The normalized spacial score (nSPS) is 40.7. The van der Waals surface area contributed by atoms with Gasteiger partial charge < -0.3 is 5.11 Å². The minimum atomic E-state index is -0.400. The van der Waals surface area contributed by atoms with E-state index in [9.17, 15) is 20.0 Å². The maximum absolute atomic E-state index is 13.5. The molecule has 4 aliphatic carbocycles. The van der Waals surface area contributed by atoms with Crippen LogP contribution < -0.4 is 0 Å². The number of carbonyl (C=O) groups is 1. The lowest BCUT2D eigenvalue weighted by Gasteiger charge is -2.56. The Bertz CT molecular complexity index is 993. The van der Waals surface area contributed by atoms with Gasteiger partial charge in [0.2, 0.25) is 0 Å². The monoisotopic (exact) mass is 421 g/mol. The number of aliphatic hydroxyl groups is 1. The molecule has 0 aromatic heterocycles. The van der Waals surface area contributed by atoms with Crippen LogP contribution in [-0.2, 0) is 4.79 Å². The first-order valence-electron chi connectivity index (χ1n) is 11.6. The molecule has 0 amide bonds. The van der Waals surface area contributed by atoms with Crippen LogP contribution in [0, 0.1) is 38.7 Å². The number of nitro benzene ring substituents is 1. The van der Waals surface area contributed by atoms with E-state index in [0.717, 1.165) is 56.1 Å². The van der Waals surface area contributed by atoms with Gasteiger partial charge in [-0.25, -0.2) is 0 Å². The number of fused-ring (bicyclic) bond motifs is 5. The number of rotatable bonds is 2. The van der Waals surface area contributed by atoms with Gasteiger partial charge in [-0.1, -0.05) is 25.5 Å². The fourth-order valence-corrected chi connectivity index (χ4v) is 7.33. The van der Waals surface area contributed by atoms with E-state index in [4.69, 9.17) is 0 Å². The molecule has 0 aliphatic heterocycles. The molecule has 1 aromatic carbocycles. The second-order valence-electron chi connectivity index (χ2n) is 10.7. The van der Waals surface area contributed by atoms with Gasteiger partial charge >= 0.3 is 0 Å². The first-order valence-corrected chi connectivity index (χ1v) is 11.6. The smallest absolute Gasteiger partial charge is 0.269 e. The van der Waals surface area contributed by atoms with Crippen molar-refractivity contribution in [2.24, 2.45) is 28.6 Å². The predicted octanol–water partition coefficient (Wildman–Crippen LogP) is 5.48. The van der Waals surface area contributed by atoms with Gasteiger partial charge in [0.25, 0.3) is 5.69 Å². The minimum absolute atomic E-state index is 0.0685. The van der Waals surface area contributed by atoms with Crippen LogP contribution in [0.25, 0.3) is 6.08 Å². The molecule has 0 bridgehead atoms. The topological polar surface area (TPSA) is 80.4 Å². The highest BCUT2D eigenvalue weighted by Crippen LogP contribution is 2.64. The molecule has 0 spiro atoms. The standard InChI is InChI=1S/C26H31NO4/c1-25-11-9-20(28)15-18(25)5-8-21-22(25)10-12-26(2)23(21)14-17(24(26)29)13-16-3-6-19(7-4-16)27(30)31/h3-7,13,20-23,28H,8-12,14-15H2,1-2H3/b17-13-/t20-,21+,22-,23+,25+,26+/m1/s1. The predicted molar refractivity (Wildman–Crippen MR) is 119 cm³/mol. The summed E-state index contributed by atoms with van der Waals surface area (Å²) in [7, 11) is 0. The van der Waals surface area contributed by atoms with Gasteiger partial charge in [0.05, 0.1) is 11.0 Å². The van der Waals surface area contributed by atoms with Crippen molar-refractivity contribution in [3.8, 4) is 0 Å². The number of hydrogen-bond acceptors (Lipinski definition) is 4. The summed E-state index contributed by atoms with van der Waals surface area (Å²) in [5.41, 5.74) is 3.11. The van der Waals surface area contributed by atoms with E-state index in [-0.39, 0.29) is 28.4 Å². The van der Waals surface area contributed by atoms with E-state index in [1.807, 2.05) is 6.08 Å². The van der Waals surface area contributed by atoms with Gasteiger partial charge in [-0.3, -0.25) is 14.9 Å². The molecule has 31 heavy (non-hydrogen) atoms. The molecule has 6 atom stereocenters. The maximum atomic E-state index is 13.5. The number of non-ortho nitro benzene ring substituents is 1. The van der Waals surface area contributed by atoms with Gasteiger partial charge in [-0.2, -0.15) is 0 Å². The van der Waals surface area contributed by atoms with Crippen molar-refractivity contribution >= 4 is 17.5 Å². The Morgan fingerprint density at radius 3 is 2.48 bits per heavy atom. The van der Waals surface area contributed by atoms with Crippen LogP contribution in [0.5, 0.6) is 0 Å². The Labute approximate surface area is 183 Å². The number of Topliss-reactive ketones (excluding diaryl/α,β-unsaturated/α-hetero) is 1. The van der Waals surface area contributed by atoms with Gasteiger partial charge in [0.1, 0.15) is 0 Å². The van der Waals surface area contributed by atoms with Gasteiger partial charge in [0.15, 0.2) is 5.78 Å². The lowest BCUT2D eigenvalue weighted by Crippen LogP contribution is -2.50. The molecule has 3 saturated carbocycles. The highest BCUT2D eigenvalue weighted by Gasteiger charge is 2.59. The first kappa shape index (κ1) is 20.6. The van der Waals surface area contributed by atoms with Crippen LogP contribution in [0.3, 0.4) is 0 Å². The van der Waals surface area contributed by atoms with Gasteiger partial charge in [-0.05, 0) is 97.5 Å². The van der Waals surface area contributed by atoms with Crippen molar-refractivity contribution in [1.29, 1.82) is 0 Å². The zero-order valence-corrected chi connectivity index (χ0v) is 18.3. The summed E-state index contributed by atoms with van der Waals surface area (Å²) < 4.78 is 0. The lowest BCUT2D eigenvalue weighted by molar-refractivity contribution is -0.384. The molecule has 4 aliphatic rings. The molecular formula is C26H31NO4. The van der Waals surface area contributed by atoms with Crippen molar-refractivity contribution < 1.29 is 14.8 Å². The maximum Gasteiger partial charge on any atom is 0.269 e. The number of nitrogens with zero attached hydrogens (tertiary/aromatic N) is 1. The molecule has 1 aromatic rings. The second-order valence-corrected chi connectivity index (χ2v) is 10.7. The quantitative estimate of drug-likeness (QED) is 0.297. The lowest BCUT2D eigenvalue weighted by atomic mass is 9.48. The largest absolute Gasteiger partial charge is 0.393 e. The summed E-state index contributed by atoms with van der Waals surface area (Å²) in [5, 5.41) is 21.1. The SMILES string of the molecule is C[C@]12CC[C@@H](O)CC1=CC[C@H]1[C@H]2CC[C@]2(C)C(=O)/C(=C\c3ccc([N+](=O)[O-])cc3)C[C@@H]12. The average Bonchev–Trinajstić information content (AvgIpc) is 2.99. The van der Waals surface area contributed by atoms with Crippen molar-refractivity contribution in [2.45, 2.75) is 64.9 Å². The Hall–Kier alpha value is -2.27. The highest BCUT2D eigenvalue weighted by molar-refractivity contribution is 6.06. The summed E-state index contributed by atoms with van der Waals surface area (Å²) in [6.07, 6.45) is 10.7. The molecule has 0 radical (unpaired) electrons. The van der Waals surface area contributed by atoms with Gasteiger partial charge in [0, 0.05) is 17.5 Å². The summed E-state index contributed by atoms with van der Waals surface area (Å²) in [4.78, 5) is 24.0. The molecule has 1 N–H and O–H groups in total. The van der Waals surface area contributed by atoms with Crippen LogP contribution in [0.1, 0.15) is 64.4 Å². The fourth-order valence-electron chi connectivity index (χ4n) is 7.33. The van der Waals surface area contributed by atoms with Crippen molar-refractivity contribution in [1.82, 2.24) is 0 Å². The van der Waals surface area contributed by atoms with Crippen LogP contribution in [0.4, 0.5) is 5.69 Å². The van der Waals surface area contributed by atoms with Crippen molar-refractivity contribution in [3.63, 3.8) is 0 Å². The third-order valence-electron chi connectivity index (χ3n) is 9.16. The summed E-state index contributed by atoms with van der Waals surface area (Å²) in [5.74, 6) is 1.72. The minimum Gasteiger partial charge on any atom is -0.393 e. The van der Waals surface area contributed by atoms with E-state index in [2.05, 4.69) is 19.9 Å². The van der Waals surface area contributed by atoms with E-state index in [1.54, 1.807) is 12.1 Å². The molecule has 5 nitrogen and oxygen atoms in total. The van der Waals surface area contributed by atoms with Crippen LogP contribution in [0.2, 0.25) is 0 Å². The molecule has 5 rings (SSSR count). The third-order valence-corrected chi connectivity index (χ3v) is 9.16. The molecule has 3 fully saturated rings. The Balaban J connectivity index is 1.44. The van der Waals surface area contributed by atoms with Crippen LogP contribution in [0.15, 0.2) is 41.5 Å². The molecule has 164 valence electrons. The van der Waals surface area contributed by atoms with Crippen molar-refractivity contribution in [3.05, 3.63) is 57.2 Å². The van der Waals surface area contributed by atoms with E-state index in [1.165, 1.54) is 17.7 Å². The summed E-state index contributed by atoms with van der Waals surface area (Å²) in [6.45, 7) is 4.56. The highest BCUT2D eigenvalue weighted by atomic mass is 16.6. The average molecular weight is 422 g/mol. The number of nitro groups is 1. The van der Waals surface area contributed by atoms with E-state index in [0.29, 0.717) is 17.8 Å². The molecule has 5 heteroatoms. The zero-order chi connectivity index (χ0) is 22.0. The Morgan fingerprint density at radius 2 is 1.77 bits per heavy atom. The number of carbonyl (C=O) groups excluding carboxylic acids is 1. The molecule has 0 unspecified atom stereocenters. The molecular weight excluding hydrogens is 390 g/mol. The number of allylic oxidation sites excluding steroid dienone is 2.